The van der Waals surface area contributed by atoms with Crippen LogP contribution in [0.25, 0.3) is 0 Å². The van der Waals surface area contributed by atoms with E-state index in [1.54, 1.807) is 0 Å². The quantitative estimate of drug-likeness (QED) is 0.517. The van der Waals surface area contributed by atoms with Gasteiger partial charge in [-0.3, -0.25) is 0 Å². The largest absolute Gasteiger partial charge is 0.176 e. The molecule has 2 atom stereocenters. The van der Waals surface area contributed by atoms with Crippen LogP contribution in [0.4, 0.5) is 0 Å². The molecule has 0 aromatic carbocycles. The summed E-state index contributed by atoms with van der Waals surface area (Å²) in [6, 6.07) is 0. The molecule has 2 rings (SSSR count). The number of hydrogen-bond donors (Lipinski definition) is 2. The van der Waals surface area contributed by atoms with Gasteiger partial charge in [0, 0.05) is 0 Å². The summed E-state index contributed by atoms with van der Waals surface area (Å²) in [5, 5.41) is 1.19. The molecule has 124 valence electrons. The van der Waals surface area contributed by atoms with Crippen molar-refractivity contribution in [2.24, 2.45) is 23.7 Å². The maximum atomic E-state index is 4.56. The van der Waals surface area contributed by atoms with E-state index in [-0.39, 0.29) is 0 Å². The predicted octanol–water partition coefficient (Wildman–Crippen LogP) is 6.41. The van der Waals surface area contributed by atoms with Crippen LogP contribution < -0.4 is 0 Å². The van der Waals surface area contributed by atoms with Crippen molar-refractivity contribution < 1.29 is 0 Å². The summed E-state index contributed by atoms with van der Waals surface area (Å²) in [6.45, 7) is 4.50. The second-order valence-electron chi connectivity index (χ2n) is 8.18. The van der Waals surface area contributed by atoms with Crippen LogP contribution in [0.1, 0.15) is 84.5 Å². The summed E-state index contributed by atoms with van der Waals surface area (Å²) >= 11 is 9.13. The monoisotopic (exact) mass is 328 g/mol. The Morgan fingerprint density at radius 1 is 0.619 bits per heavy atom. The van der Waals surface area contributed by atoms with Crippen LogP contribution in [0.5, 0.6) is 0 Å². The normalized spacial score (nSPS) is 37.1. The van der Waals surface area contributed by atoms with Crippen LogP contribution in [0.3, 0.4) is 0 Å². The molecule has 0 bridgehead atoms. The van der Waals surface area contributed by atoms with E-state index in [9.17, 15) is 0 Å². The van der Waals surface area contributed by atoms with Gasteiger partial charge in [0.2, 0.25) is 0 Å². The fourth-order valence-electron chi connectivity index (χ4n) is 4.84. The van der Waals surface area contributed by atoms with E-state index in [4.69, 9.17) is 0 Å². The summed E-state index contributed by atoms with van der Waals surface area (Å²) in [6.07, 6.45) is 16.1. The molecule has 0 saturated heterocycles. The molecule has 2 unspecified atom stereocenters. The van der Waals surface area contributed by atoms with Gasteiger partial charge in [0.25, 0.3) is 0 Å². The summed E-state index contributed by atoms with van der Waals surface area (Å²) in [4.78, 5) is 0. The van der Waals surface area contributed by atoms with Crippen LogP contribution in [-0.2, 0) is 0 Å². The number of rotatable bonds is 6. The highest BCUT2D eigenvalue weighted by molar-refractivity contribution is 7.81. The molecule has 0 nitrogen and oxygen atoms in total. The predicted molar refractivity (Wildman–Crippen MR) is 102 cm³/mol. The number of thiol groups is 2. The molecule has 0 aromatic rings. The lowest BCUT2D eigenvalue weighted by molar-refractivity contribution is 0.185. The van der Waals surface area contributed by atoms with E-state index in [0.29, 0.717) is 10.5 Å². The molecule has 0 aromatic heterocycles. The zero-order chi connectivity index (χ0) is 15.2. The van der Waals surface area contributed by atoms with Gasteiger partial charge < -0.3 is 0 Å². The Labute approximate surface area is 144 Å². The second kappa shape index (κ2) is 9.11. The lowest BCUT2D eigenvalue weighted by Gasteiger charge is -2.34. The first kappa shape index (κ1) is 18.0. The van der Waals surface area contributed by atoms with Gasteiger partial charge >= 0.3 is 0 Å². The minimum atomic E-state index is 0.594. The van der Waals surface area contributed by atoms with E-state index < -0.39 is 0 Å². The zero-order valence-electron chi connectivity index (χ0n) is 14.1. The summed E-state index contributed by atoms with van der Waals surface area (Å²) < 4.78 is 0. The average Bonchev–Trinajstić information content (AvgIpc) is 2.42. The molecule has 0 amide bonds. The van der Waals surface area contributed by atoms with Crippen molar-refractivity contribution in [3.05, 3.63) is 0 Å². The topological polar surface area (TPSA) is 0 Å². The Morgan fingerprint density at radius 2 is 0.905 bits per heavy atom. The van der Waals surface area contributed by atoms with Crippen LogP contribution in [0, 0.1) is 23.7 Å². The summed E-state index contributed by atoms with van der Waals surface area (Å²) in [7, 11) is 0. The third-order valence-electron chi connectivity index (χ3n) is 5.95. The van der Waals surface area contributed by atoms with Crippen molar-refractivity contribution in [1.82, 2.24) is 0 Å². The molecular formula is C19H36S2. The lowest BCUT2D eigenvalue weighted by atomic mass is 9.72. The minimum Gasteiger partial charge on any atom is -0.176 e. The van der Waals surface area contributed by atoms with Crippen LogP contribution in [0.15, 0.2) is 0 Å². The van der Waals surface area contributed by atoms with E-state index in [0.717, 1.165) is 23.7 Å². The van der Waals surface area contributed by atoms with Gasteiger partial charge in [-0.25, -0.2) is 0 Å². The van der Waals surface area contributed by atoms with E-state index >= 15 is 0 Å². The third kappa shape index (κ3) is 6.77. The van der Waals surface area contributed by atoms with Crippen LogP contribution in [-0.4, -0.2) is 10.5 Å². The molecule has 2 fully saturated rings. The van der Waals surface area contributed by atoms with E-state index in [1.165, 1.54) is 70.6 Å². The van der Waals surface area contributed by atoms with Crippen molar-refractivity contribution in [2.75, 3.05) is 0 Å². The van der Waals surface area contributed by atoms with Gasteiger partial charge in [-0.1, -0.05) is 65.2 Å². The number of hydrogen-bond acceptors (Lipinski definition) is 2. The van der Waals surface area contributed by atoms with E-state index in [2.05, 4.69) is 39.1 Å². The summed E-state index contributed by atoms with van der Waals surface area (Å²) in [5.74, 6) is 4.03. The molecule has 2 saturated carbocycles. The van der Waals surface area contributed by atoms with Crippen molar-refractivity contribution >= 4 is 25.3 Å². The molecule has 0 radical (unpaired) electrons. The minimum absolute atomic E-state index is 0.594. The fraction of sp³-hybridized carbons (Fsp3) is 1.00. The first-order valence-electron chi connectivity index (χ1n) is 9.39. The van der Waals surface area contributed by atoms with Gasteiger partial charge in [-0.15, -0.1) is 0 Å². The second-order valence-corrected chi connectivity index (χ2v) is 9.94. The standard InChI is InChI=1S/C19H36S2/c1-14(20)11-16-3-7-18(8-4-16)13-19-9-5-17(6-10-19)12-15(2)21/h14-21H,3-13H2,1-2H3. The Bertz CT molecular complexity index is 243. The average molecular weight is 329 g/mol. The lowest BCUT2D eigenvalue weighted by Crippen LogP contribution is -2.22. The van der Waals surface area contributed by atoms with Gasteiger partial charge in [0.15, 0.2) is 0 Å². The molecule has 2 heteroatoms. The maximum absolute atomic E-state index is 4.56. The summed E-state index contributed by atoms with van der Waals surface area (Å²) in [5.41, 5.74) is 0. The molecular weight excluding hydrogens is 292 g/mol. The highest BCUT2D eigenvalue weighted by Crippen LogP contribution is 2.40. The van der Waals surface area contributed by atoms with Crippen molar-refractivity contribution in [1.29, 1.82) is 0 Å². The molecule has 21 heavy (non-hydrogen) atoms. The Hall–Kier alpha value is 0.700. The molecule has 2 aliphatic carbocycles. The molecule has 0 aliphatic heterocycles. The SMILES string of the molecule is CC(S)CC1CCC(CC2CCC(CC(C)S)CC2)CC1. The Morgan fingerprint density at radius 3 is 1.19 bits per heavy atom. The van der Waals surface area contributed by atoms with Gasteiger partial charge in [-0.2, -0.15) is 25.3 Å². The van der Waals surface area contributed by atoms with Gasteiger partial charge in [0.1, 0.15) is 0 Å². The van der Waals surface area contributed by atoms with Crippen molar-refractivity contribution in [2.45, 2.75) is 95.0 Å². The highest BCUT2D eigenvalue weighted by atomic mass is 32.1. The fourth-order valence-corrected chi connectivity index (χ4v) is 5.44. The first-order valence-corrected chi connectivity index (χ1v) is 10.4. The van der Waals surface area contributed by atoms with Crippen molar-refractivity contribution in [3.63, 3.8) is 0 Å². The molecule has 0 spiro atoms. The smallest absolute Gasteiger partial charge is 0.000895 e. The van der Waals surface area contributed by atoms with Gasteiger partial charge in [-0.05, 0) is 53.4 Å². The molecule has 0 heterocycles. The van der Waals surface area contributed by atoms with E-state index in [1.807, 2.05) is 0 Å². The third-order valence-corrected chi connectivity index (χ3v) is 6.37. The van der Waals surface area contributed by atoms with Crippen LogP contribution in [0.2, 0.25) is 0 Å². The maximum Gasteiger partial charge on any atom is -0.000895 e. The first-order chi connectivity index (χ1) is 10.0. The molecule has 0 N–H and O–H groups in total. The zero-order valence-corrected chi connectivity index (χ0v) is 15.9. The van der Waals surface area contributed by atoms with Gasteiger partial charge in [0.05, 0.1) is 0 Å². The highest BCUT2D eigenvalue weighted by Gasteiger charge is 2.27. The molecule has 2 aliphatic rings. The van der Waals surface area contributed by atoms with Crippen LogP contribution >= 0.6 is 25.3 Å². The Balaban J connectivity index is 1.61. The Kier molecular flexibility index (Phi) is 7.83. The van der Waals surface area contributed by atoms with Crippen molar-refractivity contribution in [3.8, 4) is 0 Å².